The summed E-state index contributed by atoms with van der Waals surface area (Å²) in [7, 11) is -3.17. The minimum absolute atomic E-state index is 0.0370. The third-order valence-corrected chi connectivity index (χ3v) is 6.01. The molecule has 0 fully saturated rings. The summed E-state index contributed by atoms with van der Waals surface area (Å²) in [4.78, 5) is 12.7. The maximum absolute atomic E-state index is 12.7. The van der Waals surface area contributed by atoms with Crippen molar-refractivity contribution in [3.63, 3.8) is 0 Å². The van der Waals surface area contributed by atoms with Crippen molar-refractivity contribution in [3.8, 4) is 11.5 Å². The molecule has 0 saturated heterocycles. The van der Waals surface area contributed by atoms with Crippen molar-refractivity contribution in [2.75, 3.05) is 23.4 Å². The SMILES string of the molecule is CCS(=O)(=O)CCOc1cc(C(=O)Nc2ccccc2)c(O)c2ccccc12. The maximum atomic E-state index is 12.7. The van der Waals surface area contributed by atoms with Crippen LogP contribution in [-0.2, 0) is 9.84 Å². The molecule has 0 unspecified atom stereocenters. The van der Waals surface area contributed by atoms with E-state index in [-0.39, 0.29) is 29.4 Å². The van der Waals surface area contributed by atoms with Crippen LogP contribution >= 0.6 is 0 Å². The van der Waals surface area contributed by atoms with E-state index in [1.54, 1.807) is 55.5 Å². The van der Waals surface area contributed by atoms with Crippen molar-refractivity contribution in [2.24, 2.45) is 0 Å². The van der Waals surface area contributed by atoms with Crippen molar-refractivity contribution in [2.45, 2.75) is 6.92 Å². The van der Waals surface area contributed by atoms with E-state index in [1.807, 2.05) is 6.07 Å². The average Bonchev–Trinajstić information content (AvgIpc) is 2.70. The molecule has 0 aromatic heterocycles. The number of hydrogen-bond acceptors (Lipinski definition) is 5. The molecule has 3 aromatic carbocycles. The molecular formula is C21H21NO5S. The van der Waals surface area contributed by atoms with E-state index in [4.69, 9.17) is 4.74 Å². The van der Waals surface area contributed by atoms with E-state index in [2.05, 4.69) is 5.32 Å². The van der Waals surface area contributed by atoms with Crippen LogP contribution in [0, 0.1) is 0 Å². The van der Waals surface area contributed by atoms with Crippen LogP contribution in [0.5, 0.6) is 11.5 Å². The predicted molar refractivity (Wildman–Crippen MR) is 110 cm³/mol. The number of nitrogens with one attached hydrogen (secondary N) is 1. The predicted octanol–water partition coefficient (Wildman–Crippen LogP) is 3.61. The number of hydrogen-bond donors (Lipinski definition) is 2. The molecule has 0 heterocycles. The number of carbonyl (C=O) groups excluding carboxylic acids is 1. The van der Waals surface area contributed by atoms with Gasteiger partial charge in [0.2, 0.25) is 0 Å². The lowest BCUT2D eigenvalue weighted by molar-refractivity contribution is 0.102. The third-order valence-electron chi connectivity index (χ3n) is 4.35. The standard InChI is InChI=1S/C21H21NO5S/c1-2-28(25,26)13-12-27-19-14-18(20(23)17-11-7-6-10-16(17)19)21(24)22-15-8-4-3-5-9-15/h3-11,14,23H,2,12-13H2,1H3,(H,22,24). The summed E-state index contributed by atoms with van der Waals surface area (Å²) in [6, 6.07) is 17.3. The number of rotatable bonds is 7. The second-order valence-corrected chi connectivity index (χ2v) is 8.69. The van der Waals surface area contributed by atoms with Crippen LogP contribution in [0.1, 0.15) is 17.3 Å². The molecule has 0 atom stereocenters. The molecule has 6 nitrogen and oxygen atoms in total. The first-order chi connectivity index (χ1) is 13.4. The van der Waals surface area contributed by atoms with Gasteiger partial charge in [0.05, 0.1) is 11.3 Å². The normalized spacial score (nSPS) is 11.3. The average molecular weight is 399 g/mol. The van der Waals surface area contributed by atoms with Crippen molar-refractivity contribution >= 4 is 32.2 Å². The van der Waals surface area contributed by atoms with Crippen molar-refractivity contribution in [1.82, 2.24) is 0 Å². The van der Waals surface area contributed by atoms with Gasteiger partial charge in [0, 0.05) is 22.2 Å². The quantitative estimate of drug-likeness (QED) is 0.633. The minimum Gasteiger partial charge on any atom is -0.506 e. The zero-order valence-corrected chi connectivity index (χ0v) is 16.2. The lowest BCUT2D eigenvalue weighted by Gasteiger charge is -2.14. The number of carbonyl (C=O) groups is 1. The van der Waals surface area contributed by atoms with Gasteiger partial charge in [-0.25, -0.2) is 8.42 Å². The number of para-hydroxylation sites is 1. The van der Waals surface area contributed by atoms with Crippen LogP contribution < -0.4 is 10.1 Å². The Morgan fingerprint density at radius 3 is 2.36 bits per heavy atom. The van der Waals surface area contributed by atoms with E-state index < -0.39 is 15.7 Å². The number of ether oxygens (including phenoxy) is 1. The number of anilines is 1. The van der Waals surface area contributed by atoms with Crippen LogP contribution in [-0.4, -0.2) is 37.5 Å². The molecule has 28 heavy (non-hydrogen) atoms. The molecule has 0 saturated carbocycles. The van der Waals surface area contributed by atoms with Crippen LogP contribution in [0.25, 0.3) is 10.8 Å². The van der Waals surface area contributed by atoms with E-state index in [9.17, 15) is 18.3 Å². The van der Waals surface area contributed by atoms with Gasteiger partial charge < -0.3 is 15.2 Å². The zero-order valence-electron chi connectivity index (χ0n) is 15.4. The Morgan fingerprint density at radius 2 is 1.68 bits per heavy atom. The number of amides is 1. The van der Waals surface area contributed by atoms with Gasteiger partial charge in [0.15, 0.2) is 9.84 Å². The van der Waals surface area contributed by atoms with Gasteiger partial charge in [0.1, 0.15) is 18.1 Å². The zero-order chi connectivity index (χ0) is 20.1. The first kappa shape index (κ1) is 19.7. The second-order valence-electron chi connectivity index (χ2n) is 6.22. The fourth-order valence-corrected chi connectivity index (χ4v) is 3.39. The van der Waals surface area contributed by atoms with Gasteiger partial charge in [0.25, 0.3) is 5.91 Å². The van der Waals surface area contributed by atoms with Crippen LogP contribution in [0.2, 0.25) is 0 Å². The van der Waals surface area contributed by atoms with Crippen LogP contribution in [0.4, 0.5) is 5.69 Å². The number of fused-ring (bicyclic) bond motifs is 1. The van der Waals surface area contributed by atoms with Gasteiger partial charge in [-0.15, -0.1) is 0 Å². The number of sulfone groups is 1. The first-order valence-electron chi connectivity index (χ1n) is 8.85. The van der Waals surface area contributed by atoms with Crippen molar-refractivity contribution < 1.29 is 23.1 Å². The van der Waals surface area contributed by atoms with E-state index in [1.165, 1.54) is 6.07 Å². The lowest BCUT2D eigenvalue weighted by Crippen LogP contribution is -2.16. The summed E-state index contributed by atoms with van der Waals surface area (Å²) in [6.07, 6.45) is 0. The largest absolute Gasteiger partial charge is 0.506 e. The van der Waals surface area contributed by atoms with Gasteiger partial charge in [-0.3, -0.25) is 4.79 Å². The molecule has 0 spiro atoms. The molecule has 3 rings (SSSR count). The van der Waals surface area contributed by atoms with Gasteiger partial charge in [-0.1, -0.05) is 49.4 Å². The highest BCUT2D eigenvalue weighted by Crippen LogP contribution is 2.36. The van der Waals surface area contributed by atoms with Gasteiger partial charge in [-0.2, -0.15) is 0 Å². The maximum Gasteiger partial charge on any atom is 0.259 e. The molecule has 2 N–H and O–H groups in total. The molecule has 146 valence electrons. The number of aromatic hydroxyl groups is 1. The Morgan fingerprint density at radius 1 is 1.04 bits per heavy atom. The van der Waals surface area contributed by atoms with Crippen LogP contribution in [0.15, 0.2) is 60.7 Å². The Bertz CT molecular complexity index is 1090. The van der Waals surface area contributed by atoms with Gasteiger partial charge in [-0.05, 0) is 18.2 Å². The number of phenolic OH excluding ortho intramolecular Hbond substituents is 1. The molecule has 0 aliphatic carbocycles. The van der Waals surface area contributed by atoms with Crippen molar-refractivity contribution in [3.05, 3.63) is 66.2 Å². The molecule has 0 bridgehead atoms. The highest BCUT2D eigenvalue weighted by atomic mass is 32.2. The molecule has 3 aromatic rings. The number of benzene rings is 3. The lowest BCUT2D eigenvalue weighted by atomic mass is 10.0. The van der Waals surface area contributed by atoms with Gasteiger partial charge >= 0.3 is 0 Å². The Labute approximate surface area is 163 Å². The fraction of sp³-hybridized carbons (Fsp3) is 0.190. The molecular weight excluding hydrogens is 378 g/mol. The molecule has 0 aliphatic heterocycles. The second kappa shape index (κ2) is 8.31. The molecule has 7 heteroatoms. The molecule has 0 aliphatic rings. The van der Waals surface area contributed by atoms with E-state index in [0.29, 0.717) is 22.2 Å². The minimum atomic E-state index is -3.17. The van der Waals surface area contributed by atoms with E-state index in [0.717, 1.165) is 0 Å². The monoisotopic (exact) mass is 399 g/mol. The summed E-state index contributed by atoms with van der Waals surface area (Å²) in [5.74, 6) is -0.377. The number of phenols is 1. The Kier molecular flexibility index (Phi) is 5.84. The summed E-state index contributed by atoms with van der Waals surface area (Å²) in [6.45, 7) is 1.54. The highest BCUT2D eigenvalue weighted by Gasteiger charge is 2.18. The van der Waals surface area contributed by atoms with Crippen LogP contribution in [0.3, 0.4) is 0 Å². The Balaban J connectivity index is 1.94. The van der Waals surface area contributed by atoms with Crippen molar-refractivity contribution in [1.29, 1.82) is 0 Å². The van der Waals surface area contributed by atoms with E-state index >= 15 is 0 Å². The smallest absolute Gasteiger partial charge is 0.259 e. The topological polar surface area (TPSA) is 92.7 Å². The first-order valence-corrected chi connectivity index (χ1v) is 10.7. The highest BCUT2D eigenvalue weighted by molar-refractivity contribution is 7.91. The molecule has 0 radical (unpaired) electrons. The summed E-state index contributed by atoms with van der Waals surface area (Å²) < 4.78 is 29.1. The summed E-state index contributed by atoms with van der Waals surface area (Å²) in [5.41, 5.74) is 0.646. The summed E-state index contributed by atoms with van der Waals surface area (Å²) >= 11 is 0. The Hall–Kier alpha value is -3.06. The summed E-state index contributed by atoms with van der Waals surface area (Å²) in [5, 5.41) is 14.4. The molecule has 1 amide bonds. The third kappa shape index (κ3) is 4.43. The fourth-order valence-electron chi connectivity index (χ4n) is 2.76.